The highest BCUT2D eigenvalue weighted by molar-refractivity contribution is 5.72. The summed E-state index contributed by atoms with van der Waals surface area (Å²) in [6.07, 6.45) is 1.87. The molecular formula is C15H21NO4. The second-order valence-electron chi connectivity index (χ2n) is 5.00. The molecule has 5 heteroatoms. The average molecular weight is 279 g/mol. The molecule has 0 aromatic heterocycles. The van der Waals surface area contributed by atoms with Gasteiger partial charge < -0.3 is 19.9 Å². The van der Waals surface area contributed by atoms with Crippen LogP contribution >= 0.6 is 0 Å². The topological polar surface area (TPSA) is 67.8 Å². The number of benzene rings is 1. The van der Waals surface area contributed by atoms with E-state index in [4.69, 9.17) is 9.47 Å². The van der Waals surface area contributed by atoms with Crippen LogP contribution in [-0.2, 0) is 9.53 Å². The van der Waals surface area contributed by atoms with E-state index >= 15 is 0 Å². The predicted molar refractivity (Wildman–Crippen MR) is 74.7 cm³/mol. The molecule has 2 N–H and O–H groups in total. The van der Waals surface area contributed by atoms with Crippen molar-refractivity contribution >= 4 is 5.97 Å². The van der Waals surface area contributed by atoms with Crippen LogP contribution in [-0.4, -0.2) is 37.9 Å². The summed E-state index contributed by atoms with van der Waals surface area (Å²) in [5.74, 6) is 0.209. The molecule has 0 saturated carbocycles. The van der Waals surface area contributed by atoms with Crippen LogP contribution in [0.5, 0.6) is 11.5 Å². The van der Waals surface area contributed by atoms with Gasteiger partial charge in [0, 0.05) is 0 Å². The minimum Gasteiger partial charge on any atom is -0.504 e. The summed E-state index contributed by atoms with van der Waals surface area (Å²) in [4.78, 5) is 11.9. The van der Waals surface area contributed by atoms with Crippen molar-refractivity contribution in [3.63, 3.8) is 0 Å². The third-order valence-electron chi connectivity index (χ3n) is 3.74. The van der Waals surface area contributed by atoms with Crippen molar-refractivity contribution in [3.05, 3.63) is 24.3 Å². The summed E-state index contributed by atoms with van der Waals surface area (Å²) in [6.45, 7) is 2.05. The van der Waals surface area contributed by atoms with Gasteiger partial charge in [-0.1, -0.05) is 12.1 Å². The van der Waals surface area contributed by atoms with Gasteiger partial charge in [0.15, 0.2) is 11.5 Å². The van der Waals surface area contributed by atoms with Crippen molar-refractivity contribution in [2.45, 2.75) is 12.8 Å². The van der Waals surface area contributed by atoms with Gasteiger partial charge in [0.2, 0.25) is 0 Å². The van der Waals surface area contributed by atoms with Crippen molar-refractivity contribution in [1.29, 1.82) is 0 Å². The number of carbonyl (C=O) groups excluding carboxylic acids is 1. The number of aromatic hydroxyl groups is 1. The molecular weight excluding hydrogens is 258 g/mol. The van der Waals surface area contributed by atoms with Gasteiger partial charge in [-0.3, -0.25) is 4.79 Å². The molecule has 0 spiro atoms. The highest BCUT2D eigenvalue weighted by atomic mass is 16.5. The molecule has 1 saturated heterocycles. The summed E-state index contributed by atoms with van der Waals surface area (Å²) in [7, 11) is 1.40. The lowest BCUT2D eigenvalue weighted by Crippen LogP contribution is -2.37. The number of esters is 1. The summed E-state index contributed by atoms with van der Waals surface area (Å²) in [6, 6.07) is 6.76. The minimum absolute atomic E-state index is 0.0847. The number of nitrogens with one attached hydrogen (secondary N) is 1. The van der Waals surface area contributed by atoms with Crippen LogP contribution in [0.15, 0.2) is 24.3 Å². The van der Waals surface area contributed by atoms with Crippen molar-refractivity contribution < 1.29 is 19.4 Å². The van der Waals surface area contributed by atoms with Crippen LogP contribution in [0.2, 0.25) is 0 Å². The number of phenolic OH excluding ortho intramolecular Hbond substituents is 1. The van der Waals surface area contributed by atoms with Crippen LogP contribution in [0.1, 0.15) is 12.8 Å². The van der Waals surface area contributed by atoms with Gasteiger partial charge in [0.1, 0.15) is 6.61 Å². The molecule has 0 aliphatic carbocycles. The van der Waals surface area contributed by atoms with E-state index in [1.165, 1.54) is 7.11 Å². The third-order valence-corrected chi connectivity index (χ3v) is 3.74. The van der Waals surface area contributed by atoms with E-state index in [0.717, 1.165) is 25.9 Å². The second kappa shape index (κ2) is 7.14. The van der Waals surface area contributed by atoms with E-state index in [2.05, 4.69) is 5.32 Å². The number of phenols is 1. The highest BCUT2D eigenvalue weighted by Gasteiger charge is 2.31. The third kappa shape index (κ3) is 3.63. The summed E-state index contributed by atoms with van der Waals surface area (Å²) < 4.78 is 10.5. The lowest BCUT2D eigenvalue weighted by molar-refractivity contribution is -0.149. The molecule has 1 aliphatic heterocycles. The Hall–Kier alpha value is -1.75. The van der Waals surface area contributed by atoms with Gasteiger partial charge in [-0.15, -0.1) is 0 Å². The van der Waals surface area contributed by atoms with E-state index in [9.17, 15) is 9.90 Å². The predicted octanol–water partition coefficient (Wildman–Crippen LogP) is 1.56. The number of methoxy groups -OCH3 is 1. The number of rotatable bonds is 5. The molecule has 1 atom stereocenters. The van der Waals surface area contributed by atoms with Gasteiger partial charge in [-0.25, -0.2) is 0 Å². The van der Waals surface area contributed by atoms with Gasteiger partial charge in [-0.05, 0) is 44.0 Å². The summed E-state index contributed by atoms with van der Waals surface area (Å²) in [5, 5.41) is 13.0. The largest absolute Gasteiger partial charge is 0.504 e. The Kier molecular flexibility index (Phi) is 5.24. The smallest absolute Gasteiger partial charge is 0.312 e. The molecule has 1 aromatic carbocycles. The van der Waals surface area contributed by atoms with Crippen LogP contribution in [0.3, 0.4) is 0 Å². The average Bonchev–Trinajstić information content (AvgIpc) is 2.50. The van der Waals surface area contributed by atoms with E-state index in [1.54, 1.807) is 24.3 Å². The molecule has 1 heterocycles. The van der Waals surface area contributed by atoms with Crippen LogP contribution in [0.25, 0.3) is 0 Å². The fourth-order valence-corrected chi connectivity index (χ4v) is 2.55. The Labute approximate surface area is 118 Å². The Morgan fingerprint density at radius 3 is 2.75 bits per heavy atom. The van der Waals surface area contributed by atoms with E-state index in [-0.39, 0.29) is 30.2 Å². The quantitative estimate of drug-likeness (QED) is 0.801. The molecule has 1 unspecified atom stereocenters. The zero-order chi connectivity index (χ0) is 14.4. The maximum absolute atomic E-state index is 11.9. The second-order valence-corrected chi connectivity index (χ2v) is 5.00. The first kappa shape index (κ1) is 14.7. The first-order valence-corrected chi connectivity index (χ1v) is 6.91. The molecule has 110 valence electrons. The molecule has 1 aromatic rings. The fourth-order valence-electron chi connectivity index (χ4n) is 2.55. The van der Waals surface area contributed by atoms with Crippen molar-refractivity contribution in [2.24, 2.45) is 11.8 Å². The van der Waals surface area contributed by atoms with Gasteiger partial charge in [0.25, 0.3) is 0 Å². The minimum atomic E-state index is -0.290. The molecule has 0 radical (unpaired) electrons. The Morgan fingerprint density at radius 1 is 1.40 bits per heavy atom. The number of hydrogen-bond acceptors (Lipinski definition) is 5. The zero-order valence-corrected chi connectivity index (χ0v) is 11.7. The number of carbonyl (C=O) groups is 1. The molecule has 20 heavy (non-hydrogen) atoms. The van der Waals surface area contributed by atoms with Gasteiger partial charge in [-0.2, -0.15) is 0 Å². The molecule has 0 bridgehead atoms. The van der Waals surface area contributed by atoms with Crippen molar-refractivity contribution in [3.8, 4) is 11.5 Å². The van der Waals surface area contributed by atoms with Gasteiger partial charge in [0.05, 0.1) is 13.0 Å². The zero-order valence-electron chi connectivity index (χ0n) is 11.7. The molecule has 0 amide bonds. The first-order valence-electron chi connectivity index (χ1n) is 6.91. The van der Waals surface area contributed by atoms with E-state index in [1.807, 2.05) is 0 Å². The SMILES string of the molecule is COC(=O)C(COc1ccccc1O)C1CCNCC1. The maximum Gasteiger partial charge on any atom is 0.312 e. The molecule has 1 aliphatic rings. The lowest BCUT2D eigenvalue weighted by atomic mass is 9.85. The standard InChI is InChI=1S/C15H21NO4/c1-19-15(18)12(11-6-8-16-9-7-11)10-20-14-5-3-2-4-13(14)17/h2-5,11-12,16-17H,6-10H2,1H3. The normalized spacial score (nSPS) is 17.4. The number of ether oxygens (including phenoxy) is 2. The first-order chi connectivity index (χ1) is 9.72. The maximum atomic E-state index is 11.9. The van der Waals surface area contributed by atoms with Crippen LogP contribution < -0.4 is 10.1 Å². The monoisotopic (exact) mass is 279 g/mol. The number of para-hydroxylation sites is 2. The van der Waals surface area contributed by atoms with Crippen molar-refractivity contribution in [1.82, 2.24) is 5.32 Å². The Balaban J connectivity index is 2.00. The van der Waals surface area contributed by atoms with Crippen LogP contribution in [0, 0.1) is 11.8 Å². The van der Waals surface area contributed by atoms with Crippen LogP contribution in [0.4, 0.5) is 0 Å². The molecule has 5 nitrogen and oxygen atoms in total. The Morgan fingerprint density at radius 2 is 2.10 bits per heavy atom. The van der Waals surface area contributed by atoms with E-state index in [0.29, 0.717) is 5.75 Å². The van der Waals surface area contributed by atoms with E-state index < -0.39 is 0 Å². The number of hydrogen-bond donors (Lipinski definition) is 2. The molecule has 2 rings (SSSR count). The number of piperidine rings is 1. The van der Waals surface area contributed by atoms with Crippen molar-refractivity contribution in [2.75, 3.05) is 26.8 Å². The lowest BCUT2D eigenvalue weighted by Gasteiger charge is -2.28. The van der Waals surface area contributed by atoms with Gasteiger partial charge >= 0.3 is 5.97 Å². The summed E-state index contributed by atoms with van der Waals surface area (Å²) in [5.41, 5.74) is 0. The Bertz CT molecular complexity index is 443. The summed E-state index contributed by atoms with van der Waals surface area (Å²) >= 11 is 0. The fraction of sp³-hybridized carbons (Fsp3) is 0.533. The highest BCUT2D eigenvalue weighted by Crippen LogP contribution is 2.28. The molecule has 1 fully saturated rings.